The van der Waals surface area contributed by atoms with Gasteiger partial charge in [0, 0.05) is 24.3 Å². The first-order valence-electron chi connectivity index (χ1n) is 13.8. The summed E-state index contributed by atoms with van der Waals surface area (Å²) in [4.78, 5) is 52.0. The molecule has 3 aliphatic rings. The Kier molecular flexibility index (Phi) is 8.15. The van der Waals surface area contributed by atoms with E-state index in [1.165, 1.54) is 30.3 Å². The highest BCUT2D eigenvalue weighted by Crippen LogP contribution is 2.42. The van der Waals surface area contributed by atoms with Crippen LogP contribution >= 0.6 is 0 Å². The Hall–Kier alpha value is -3.72. The SMILES string of the molecule is CC1C(CO)OC(OCCC(Cc2cc3cc4c(ccc(O)c4c2=O)C2C(=O)C(=C3)CC2O)(C(=O)O)C(=O)O)C(O)C1O. The third kappa shape index (κ3) is 5.11. The number of hydrogen-bond acceptors (Lipinski definition) is 11. The van der Waals surface area contributed by atoms with Crippen LogP contribution in [0.2, 0.25) is 0 Å². The van der Waals surface area contributed by atoms with Gasteiger partial charge in [0.1, 0.15) is 11.9 Å². The Morgan fingerprint density at radius 1 is 1.07 bits per heavy atom. The second-order valence-corrected chi connectivity index (χ2v) is 11.4. The molecule has 7 N–H and O–H groups in total. The van der Waals surface area contributed by atoms with E-state index in [-0.39, 0.29) is 39.7 Å². The third-order valence-corrected chi connectivity index (χ3v) is 8.88. The van der Waals surface area contributed by atoms with E-state index >= 15 is 0 Å². The van der Waals surface area contributed by atoms with Gasteiger partial charge in [0.2, 0.25) is 0 Å². The van der Waals surface area contributed by atoms with E-state index in [1.807, 2.05) is 0 Å². The first-order chi connectivity index (χ1) is 20.3. The van der Waals surface area contributed by atoms with Gasteiger partial charge in [0.05, 0.1) is 42.8 Å². The van der Waals surface area contributed by atoms with Crippen LogP contribution in [-0.4, -0.2) is 97.4 Å². The molecule has 1 aliphatic heterocycles. The fourth-order valence-corrected chi connectivity index (χ4v) is 6.27. The molecule has 4 bridgehead atoms. The van der Waals surface area contributed by atoms with Crippen molar-refractivity contribution in [1.82, 2.24) is 0 Å². The van der Waals surface area contributed by atoms with Crippen LogP contribution in [0.4, 0.5) is 0 Å². The Balaban J connectivity index is 1.54. The number of aliphatic carboxylic acids is 2. The van der Waals surface area contributed by atoms with Crippen molar-refractivity contribution in [2.75, 3.05) is 13.2 Å². The third-order valence-electron chi connectivity index (χ3n) is 8.88. The summed E-state index contributed by atoms with van der Waals surface area (Å²) < 4.78 is 10.9. The number of benzene rings is 1. The van der Waals surface area contributed by atoms with E-state index in [2.05, 4.69) is 0 Å². The molecule has 230 valence electrons. The number of rotatable bonds is 9. The van der Waals surface area contributed by atoms with Crippen molar-refractivity contribution in [1.29, 1.82) is 0 Å². The second-order valence-electron chi connectivity index (χ2n) is 11.4. The maximum absolute atomic E-state index is 13.8. The van der Waals surface area contributed by atoms with Crippen molar-refractivity contribution >= 4 is 34.6 Å². The fourth-order valence-electron chi connectivity index (χ4n) is 6.27. The molecule has 7 unspecified atom stereocenters. The molecule has 7 atom stereocenters. The summed E-state index contributed by atoms with van der Waals surface area (Å²) in [6, 6.07) is 5.45. The number of ether oxygens (including phenoxy) is 2. The number of phenols is 1. The van der Waals surface area contributed by atoms with Crippen molar-refractivity contribution < 1.29 is 59.6 Å². The number of hydrogen-bond donors (Lipinski definition) is 7. The van der Waals surface area contributed by atoms with Gasteiger partial charge in [-0.15, -0.1) is 0 Å². The van der Waals surface area contributed by atoms with E-state index in [0.717, 1.165) is 0 Å². The zero-order valence-corrected chi connectivity index (χ0v) is 23.0. The number of carbonyl (C=O) groups excluding carboxylic acids is 1. The van der Waals surface area contributed by atoms with Gasteiger partial charge in [-0.3, -0.25) is 19.2 Å². The van der Waals surface area contributed by atoms with Crippen molar-refractivity contribution in [3.05, 3.63) is 56.8 Å². The van der Waals surface area contributed by atoms with Crippen LogP contribution in [0.25, 0.3) is 16.8 Å². The molecule has 0 spiro atoms. The van der Waals surface area contributed by atoms with Gasteiger partial charge in [0.25, 0.3) is 0 Å². The number of aliphatic hydroxyl groups excluding tert-OH is 4. The molecule has 43 heavy (non-hydrogen) atoms. The zero-order valence-electron chi connectivity index (χ0n) is 23.0. The Morgan fingerprint density at radius 2 is 1.77 bits per heavy atom. The molecule has 0 aromatic heterocycles. The molecular weight excluding hydrogens is 568 g/mol. The van der Waals surface area contributed by atoms with Gasteiger partial charge < -0.3 is 45.2 Å². The number of Topliss-reactive ketones (excluding diaryl/α,β-unsaturated/α-hetero) is 1. The lowest BCUT2D eigenvalue weighted by Gasteiger charge is -2.40. The second kappa shape index (κ2) is 11.4. The van der Waals surface area contributed by atoms with E-state index in [9.17, 15) is 54.9 Å². The highest BCUT2D eigenvalue weighted by molar-refractivity contribution is 6.10. The average Bonchev–Trinajstić information content (AvgIpc) is 3.16. The minimum absolute atomic E-state index is 0.0405. The number of carbonyl (C=O) groups is 3. The highest BCUT2D eigenvalue weighted by atomic mass is 16.7. The lowest BCUT2D eigenvalue weighted by atomic mass is 9.78. The molecule has 13 heteroatoms. The number of carboxylic acid groups (broad SMARTS) is 2. The van der Waals surface area contributed by atoms with Crippen molar-refractivity contribution in [3.8, 4) is 5.75 Å². The van der Waals surface area contributed by atoms with Crippen LogP contribution in [0.5, 0.6) is 5.75 Å². The maximum atomic E-state index is 13.8. The first-order valence-corrected chi connectivity index (χ1v) is 13.8. The smallest absolute Gasteiger partial charge is 0.321 e. The Morgan fingerprint density at radius 3 is 2.42 bits per heavy atom. The Bertz CT molecular complexity index is 1560. The standard InChI is InChI=1S/C30H32O13/c1-12-20(11-31)43-27(26(37)23(12)34)42-5-4-30(28(38)39,29(40)41)10-15-7-13-6-14-9-19(33)21(24(14)35)16-2-3-18(32)22(25(15)36)17(16)8-13/h2-3,6-8,12,19-21,23,26-27,31-34,37H,4-5,9-11H2,1H3,(H,38,39)(H,40,41). The molecule has 2 aromatic carbocycles. The number of fused-ring (bicyclic) bond motifs is 4. The molecule has 5 rings (SSSR count). The summed E-state index contributed by atoms with van der Waals surface area (Å²) in [5, 5.41) is 71.7. The summed E-state index contributed by atoms with van der Waals surface area (Å²) in [6.07, 6.45) is -6.37. The van der Waals surface area contributed by atoms with Crippen LogP contribution in [0.15, 0.2) is 34.6 Å². The number of phenolic OH excluding ortho intramolecular Hbond substituents is 1. The first kappa shape index (κ1) is 30.7. The van der Waals surface area contributed by atoms with Crippen molar-refractivity contribution in [2.45, 2.75) is 62.8 Å². The molecule has 1 saturated heterocycles. The van der Waals surface area contributed by atoms with Gasteiger partial charge in [-0.2, -0.15) is 0 Å². The summed E-state index contributed by atoms with van der Waals surface area (Å²) in [7, 11) is 0. The van der Waals surface area contributed by atoms with Crippen LogP contribution in [0.1, 0.15) is 42.4 Å². The molecule has 0 radical (unpaired) electrons. The van der Waals surface area contributed by atoms with E-state index < -0.39 is 97.1 Å². The molecule has 13 nitrogen and oxygen atoms in total. The predicted molar refractivity (Wildman–Crippen MR) is 147 cm³/mol. The van der Waals surface area contributed by atoms with Crippen LogP contribution < -0.4 is 5.43 Å². The fraction of sp³-hybridized carbons (Fsp3) is 0.467. The minimum Gasteiger partial charge on any atom is -0.507 e. The molecule has 0 amide bonds. The normalized spacial score (nSPS) is 28.4. The van der Waals surface area contributed by atoms with Crippen LogP contribution in [-0.2, 0) is 30.3 Å². The molecule has 1 heterocycles. The van der Waals surface area contributed by atoms with Gasteiger partial charge in [0.15, 0.2) is 22.9 Å². The molecule has 2 fully saturated rings. The summed E-state index contributed by atoms with van der Waals surface area (Å²) >= 11 is 0. The lowest BCUT2D eigenvalue weighted by molar-refractivity contribution is -0.289. The highest BCUT2D eigenvalue weighted by Gasteiger charge is 2.48. The molecule has 2 aliphatic carbocycles. The van der Waals surface area contributed by atoms with Gasteiger partial charge in [-0.1, -0.05) is 13.0 Å². The minimum atomic E-state index is -2.62. The van der Waals surface area contributed by atoms with E-state index in [0.29, 0.717) is 5.56 Å². The number of ketones is 1. The van der Waals surface area contributed by atoms with Crippen LogP contribution in [0.3, 0.4) is 0 Å². The van der Waals surface area contributed by atoms with Crippen molar-refractivity contribution in [2.24, 2.45) is 11.3 Å². The van der Waals surface area contributed by atoms with E-state index in [4.69, 9.17) is 9.47 Å². The summed E-state index contributed by atoms with van der Waals surface area (Å²) in [5.74, 6) is -5.99. The lowest BCUT2D eigenvalue weighted by Crippen LogP contribution is -2.55. The van der Waals surface area contributed by atoms with E-state index in [1.54, 1.807) is 6.92 Å². The Labute approximate surface area is 244 Å². The molecule has 2 aromatic rings. The molecular formula is C30H32O13. The summed E-state index contributed by atoms with van der Waals surface area (Å²) in [6.45, 7) is 0.459. The topological polar surface area (TPSA) is 228 Å². The van der Waals surface area contributed by atoms with Crippen molar-refractivity contribution in [3.63, 3.8) is 0 Å². The average molecular weight is 601 g/mol. The number of aliphatic hydroxyl groups is 4. The van der Waals surface area contributed by atoms with Crippen LogP contribution in [0, 0.1) is 11.3 Å². The largest absolute Gasteiger partial charge is 0.507 e. The van der Waals surface area contributed by atoms with Gasteiger partial charge in [-0.05, 0) is 52.8 Å². The number of aromatic hydroxyl groups is 1. The molecule has 1 saturated carbocycles. The van der Waals surface area contributed by atoms with Gasteiger partial charge >= 0.3 is 11.9 Å². The quantitative estimate of drug-likeness (QED) is 0.187. The monoisotopic (exact) mass is 600 g/mol. The van der Waals surface area contributed by atoms with Gasteiger partial charge in [-0.25, -0.2) is 0 Å². The zero-order chi connectivity index (χ0) is 31.4. The predicted octanol–water partition coefficient (Wildman–Crippen LogP) is -0.100. The summed E-state index contributed by atoms with van der Waals surface area (Å²) in [5.41, 5.74) is -2.85. The maximum Gasteiger partial charge on any atom is 0.321 e. The number of carboxylic acids is 2.